The first-order valence-electron chi connectivity index (χ1n) is 7.65. The van der Waals surface area contributed by atoms with E-state index in [1.54, 1.807) is 23.1 Å². The van der Waals surface area contributed by atoms with Crippen molar-refractivity contribution in [2.45, 2.75) is 20.8 Å². The zero-order valence-electron chi connectivity index (χ0n) is 13.8. The molecule has 4 nitrogen and oxygen atoms in total. The standard InChI is InChI=1S/C18H22ClNO3/c1-18(2,3)5-4-14-10-15(19)12-16(11-14)23-13-17(21)20-6-8-22-9-7-20/h10-12H,6-9,13H2,1-3H3. The smallest absolute Gasteiger partial charge is 0.260 e. The van der Waals surface area contributed by atoms with E-state index in [1.165, 1.54) is 0 Å². The third kappa shape index (κ3) is 6.13. The van der Waals surface area contributed by atoms with Crippen LogP contribution in [0.25, 0.3) is 0 Å². The number of rotatable bonds is 3. The van der Waals surface area contributed by atoms with E-state index < -0.39 is 0 Å². The molecule has 0 saturated carbocycles. The van der Waals surface area contributed by atoms with Crippen molar-refractivity contribution in [3.63, 3.8) is 0 Å². The number of hydrogen-bond donors (Lipinski definition) is 0. The van der Waals surface area contributed by atoms with Crippen molar-refractivity contribution in [1.29, 1.82) is 0 Å². The van der Waals surface area contributed by atoms with E-state index in [4.69, 9.17) is 21.1 Å². The molecule has 0 N–H and O–H groups in total. The summed E-state index contributed by atoms with van der Waals surface area (Å²) in [6, 6.07) is 5.28. The van der Waals surface area contributed by atoms with E-state index >= 15 is 0 Å². The first kappa shape index (κ1) is 17.7. The fraction of sp³-hybridized carbons (Fsp3) is 0.500. The second kappa shape index (κ2) is 7.72. The Morgan fingerprint density at radius 3 is 2.65 bits per heavy atom. The maximum Gasteiger partial charge on any atom is 0.260 e. The molecule has 0 unspecified atom stereocenters. The van der Waals surface area contributed by atoms with E-state index in [0.717, 1.165) is 5.56 Å². The monoisotopic (exact) mass is 335 g/mol. The van der Waals surface area contributed by atoms with Crippen molar-refractivity contribution < 1.29 is 14.3 Å². The Morgan fingerprint density at radius 2 is 2.00 bits per heavy atom. The topological polar surface area (TPSA) is 38.8 Å². The predicted molar refractivity (Wildman–Crippen MR) is 90.7 cm³/mol. The molecular formula is C18H22ClNO3. The SMILES string of the molecule is CC(C)(C)C#Cc1cc(Cl)cc(OCC(=O)N2CCOCC2)c1. The number of carbonyl (C=O) groups is 1. The molecule has 1 amide bonds. The number of halogens is 1. The zero-order valence-corrected chi connectivity index (χ0v) is 14.6. The van der Waals surface area contributed by atoms with Crippen LogP contribution in [0.5, 0.6) is 5.75 Å². The lowest BCUT2D eigenvalue weighted by molar-refractivity contribution is -0.137. The van der Waals surface area contributed by atoms with Crippen LogP contribution in [0.1, 0.15) is 26.3 Å². The second-order valence-corrected chi connectivity index (χ2v) is 6.89. The van der Waals surface area contributed by atoms with Gasteiger partial charge in [0.15, 0.2) is 6.61 Å². The molecule has 0 spiro atoms. The highest BCUT2D eigenvalue weighted by Crippen LogP contribution is 2.21. The third-order valence-electron chi connectivity index (χ3n) is 3.18. The summed E-state index contributed by atoms with van der Waals surface area (Å²) in [7, 11) is 0. The Kier molecular flexibility index (Phi) is 5.92. The van der Waals surface area contributed by atoms with Gasteiger partial charge in [0, 0.05) is 29.1 Å². The van der Waals surface area contributed by atoms with Crippen molar-refractivity contribution >= 4 is 17.5 Å². The van der Waals surface area contributed by atoms with Crippen LogP contribution in [-0.4, -0.2) is 43.7 Å². The molecule has 2 rings (SSSR count). The minimum Gasteiger partial charge on any atom is -0.484 e. The van der Waals surface area contributed by atoms with E-state index in [-0.39, 0.29) is 17.9 Å². The van der Waals surface area contributed by atoms with Crippen molar-refractivity contribution in [3.05, 3.63) is 28.8 Å². The number of benzene rings is 1. The summed E-state index contributed by atoms with van der Waals surface area (Å²) in [5.74, 6) is 6.75. The first-order valence-corrected chi connectivity index (χ1v) is 8.03. The summed E-state index contributed by atoms with van der Waals surface area (Å²) in [6.07, 6.45) is 0. The zero-order chi connectivity index (χ0) is 16.9. The van der Waals surface area contributed by atoms with E-state index in [0.29, 0.717) is 37.1 Å². The summed E-state index contributed by atoms with van der Waals surface area (Å²) >= 11 is 6.10. The average molecular weight is 336 g/mol. The van der Waals surface area contributed by atoms with Gasteiger partial charge in [-0.25, -0.2) is 0 Å². The molecule has 1 aromatic rings. The molecular weight excluding hydrogens is 314 g/mol. The lowest BCUT2D eigenvalue weighted by Crippen LogP contribution is -2.42. The summed E-state index contributed by atoms with van der Waals surface area (Å²) in [5.41, 5.74) is 0.691. The Balaban J connectivity index is 2.00. The Labute approximate surface area is 142 Å². The summed E-state index contributed by atoms with van der Waals surface area (Å²) < 4.78 is 10.8. The lowest BCUT2D eigenvalue weighted by Gasteiger charge is -2.26. The molecule has 0 atom stereocenters. The maximum absolute atomic E-state index is 12.1. The molecule has 23 heavy (non-hydrogen) atoms. The number of ether oxygens (including phenoxy) is 2. The quantitative estimate of drug-likeness (QED) is 0.797. The van der Waals surface area contributed by atoms with Crippen molar-refractivity contribution in [2.75, 3.05) is 32.9 Å². The third-order valence-corrected chi connectivity index (χ3v) is 3.40. The number of amides is 1. The summed E-state index contributed by atoms with van der Waals surface area (Å²) in [5, 5.41) is 0.541. The van der Waals surface area contributed by atoms with Gasteiger partial charge in [-0.15, -0.1) is 0 Å². The van der Waals surface area contributed by atoms with Gasteiger partial charge in [0.2, 0.25) is 0 Å². The van der Waals surface area contributed by atoms with Crippen LogP contribution in [0.4, 0.5) is 0 Å². The molecule has 1 heterocycles. The van der Waals surface area contributed by atoms with Gasteiger partial charge in [-0.1, -0.05) is 23.4 Å². The van der Waals surface area contributed by atoms with E-state index in [2.05, 4.69) is 11.8 Å². The molecule has 0 aromatic heterocycles. The lowest BCUT2D eigenvalue weighted by atomic mass is 9.97. The highest BCUT2D eigenvalue weighted by molar-refractivity contribution is 6.30. The number of morpholine rings is 1. The highest BCUT2D eigenvalue weighted by atomic mass is 35.5. The Morgan fingerprint density at radius 1 is 1.30 bits per heavy atom. The average Bonchev–Trinajstić information content (AvgIpc) is 2.50. The Bertz CT molecular complexity index is 619. The van der Waals surface area contributed by atoms with Crippen LogP contribution < -0.4 is 4.74 Å². The predicted octanol–water partition coefficient (Wildman–Crippen LogP) is 2.98. The highest BCUT2D eigenvalue weighted by Gasteiger charge is 2.17. The number of hydrogen-bond acceptors (Lipinski definition) is 3. The maximum atomic E-state index is 12.1. The number of nitrogens with zero attached hydrogens (tertiary/aromatic N) is 1. The molecule has 0 bridgehead atoms. The fourth-order valence-electron chi connectivity index (χ4n) is 2.03. The van der Waals surface area contributed by atoms with Crippen molar-refractivity contribution in [3.8, 4) is 17.6 Å². The van der Waals surface area contributed by atoms with Gasteiger partial charge in [-0.3, -0.25) is 4.79 Å². The van der Waals surface area contributed by atoms with Gasteiger partial charge in [0.05, 0.1) is 13.2 Å². The number of carbonyl (C=O) groups excluding carboxylic acids is 1. The van der Waals surface area contributed by atoms with Gasteiger partial charge in [-0.05, 0) is 39.0 Å². The Hall–Kier alpha value is -1.70. The van der Waals surface area contributed by atoms with Crippen molar-refractivity contribution in [1.82, 2.24) is 4.90 Å². The minimum absolute atomic E-state index is 0.00746. The van der Waals surface area contributed by atoms with Crippen LogP contribution in [-0.2, 0) is 9.53 Å². The molecule has 0 radical (unpaired) electrons. The summed E-state index contributed by atoms with van der Waals surface area (Å²) in [6.45, 7) is 8.51. The molecule has 1 aliphatic rings. The van der Waals surface area contributed by atoms with Crippen LogP contribution in [0, 0.1) is 17.3 Å². The van der Waals surface area contributed by atoms with Gasteiger partial charge >= 0.3 is 0 Å². The molecule has 124 valence electrons. The van der Waals surface area contributed by atoms with Crippen LogP contribution >= 0.6 is 11.6 Å². The summed E-state index contributed by atoms with van der Waals surface area (Å²) in [4.78, 5) is 13.8. The minimum atomic E-state index is -0.0877. The fourth-order valence-corrected chi connectivity index (χ4v) is 2.25. The van der Waals surface area contributed by atoms with Gasteiger partial charge < -0.3 is 14.4 Å². The normalized spacial score (nSPS) is 14.9. The molecule has 1 fully saturated rings. The van der Waals surface area contributed by atoms with Crippen LogP contribution in [0.2, 0.25) is 5.02 Å². The molecule has 1 aromatic carbocycles. The second-order valence-electron chi connectivity index (χ2n) is 6.46. The molecule has 1 aliphatic heterocycles. The van der Waals surface area contributed by atoms with E-state index in [1.807, 2.05) is 20.8 Å². The molecule has 1 saturated heterocycles. The van der Waals surface area contributed by atoms with Gasteiger partial charge in [-0.2, -0.15) is 0 Å². The van der Waals surface area contributed by atoms with Gasteiger partial charge in [0.1, 0.15) is 5.75 Å². The van der Waals surface area contributed by atoms with Crippen molar-refractivity contribution in [2.24, 2.45) is 5.41 Å². The molecule has 0 aliphatic carbocycles. The first-order chi connectivity index (χ1) is 10.8. The van der Waals surface area contributed by atoms with Crippen LogP contribution in [0.3, 0.4) is 0 Å². The van der Waals surface area contributed by atoms with Gasteiger partial charge in [0.25, 0.3) is 5.91 Å². The largest absolute Gasteiger partial charge is 0.484 e. The van der Waals surface area contributed by atoms with E-state index in [9.17, 15) is 4.79 Å². The molecule has 5 heteroatoms. The van der Waals surface area contributed by atoms with Crippen LogP contribution in [0.15, 0.2) is 18.2 Å².